The van der Waals surface area contributed by atoms with E-state index in [9.17, 15) is 14.4 Å². The van der Waals surface area contributed by atoms with Crippen LogP contribution in [-0.4, -0.2) is 46.4 Å². The Labute approximate surface area is 190 Å². The van der Waals surface area contributed by atoms with Crippen LogP contribution in [-0.2, 0) is 4.79 Å². The lowest BCUT2D eigenvalue weighted by Crippen LogP contribution is -2.48. The molecule has 0 saturated carbocycles. The maximum absolute atomic E-state index is 13.1. The zero-order valence-corrected chi connectivity index (χ0v) is 18.2. The van der Waals surface area contributed by atoms with Crippen LogP contribution in [0.5, 0.6) is 0 Å². The number of amides is 3. The third kappa shape index (κ3) is 4.50. The van der Waals surface area contributed by atoms with Gasteiger partial charge >= 0.3 is 6.03 Å². The topological polar surface area (TPSA) is 91.4 Å². The number of nitrogens with one attached hydrogen (secondary N) is 2. The zero-order valence-electron chi connectivity index (χ0n) is 17.4. The largest absolute Gasteiger partial charge is 0.341 e. The van der Waals surface area contributed by atoms with Gasteiger partial charge in [0.05, 0.1) is 0 Å². The van der Waals surface area contributed by atoms with Crippen LogP contribution in [0.2, 0.25) is 0 Å². The van der Waals surface area contributed by atoms with Gasteiger partial charge in [-0.15, -0.1) is 11.8 Å². The number of rotatable bonds is 5. The number of hydrogen-bond acceptors (Lipinski definition) is 5. The number of anilines is 1. The molecule has 0 radical (unpaired) electrons. The molecule has 4 rings (SSSR count). The molecule has 1 fully saturated rings. The van der Waals surface area contributed by atoms with E-state index in [1.807, 2.05) is 24.3 Å². The van der Waals surface area contributed by atoms with Crippen LogP contribution in [0.15, 0.2) is 79.1 Å². The minimum atomic E-state index is -0.668. The number of urea groups is 1. The number of pyridine rings is 1. The SMILES string of the molecule is CNC(=O)N1C(C(=O)Nc2cccc(C(=O)c3ccccc3)c2)CSC1c1cccnc1. The van der Waals surface area contributed by atoms with E-state index in [-0.39, 0.29) is 23.1 Å². The molecule has 2 aromatic carbocycles. The van der Waals surface area contributed by atoms with Crippen molar-refractivity contribution in [3.63, 3.8) is 0 Å². The minimum Gasteiger partial charge on any atom is -0.341 e. The van der Waals surface area contributed by atoms with Gasteiger partial charge in [-0.25, -0.2) is 4.79 Å². The second-order valence-corrected chi connectivity index (χ2v) is 8.33. The summed E-state index contributed by atoms with van der Waals surface area (Å²) in [5.41, 5.74) is 2.41. The van der Waals surface area contributed by atoms with Crippen molar-refractivity contribution in [2.45, 2.75) is 11.4 Å². The van der Waals surface area contributed by atoms with Gasteiger partial charge in [0.15, 0.2) is 5.78 Å². The molecule has 32 heavy (non-hydrogen) atoms. The molecular weight excluding hydrogens is 424 g/mol. The zero-order chi connectivity index (χ0) is 22.5. The monoisotopic (exact) mass is 446 g/mol. The Kier molecular flexibility index (Phi) is 6.51. The second-order valence-electron chi connectivity index (χ2n) is 7.22. The van der Waals surface area contributed by atoms with E-state index < -0.39 is 6.04 Å². The van der Waals surface area contributed by atoms with Gasteiger partial charge in [0.1, 0.15) is 11.4 Å². The summed E-state index contributed by atoms with van der Waals surface area (Å²) < 4.78 is 0. The van der Waals surface area contributed by atoms with Gasteiger partial charge in [-0.05, 0) is 18.2 Å². The number of nitrogens with zero attached hydrogens (tertiary/aromatic N) is 2. The van der Waals surface area contributed by atoms with Crippen LogP contribution >= 0.6 is 11.8 Å². The molecule has 1 aliphatic heterocycles. The molecule has 2 N–H and O–H groups in total. The maximum atomic E-state index is 13.1. The molecule has 1 aromatic heterocycles. The van der Waals surface area contributed by atoms with Crippen molar-refractivity contribution in [3.8, 4) is 0 Å². The summed E-state index contributed by atoms with van der Waals surface area (Å²) in [6.07, 6.45) is 3.37. The van der Waals surface area contributed by atoms with Crippen molar-refractivity contribution in [1.82, 2.24) is 15.2 Å². The lowest BCUT2D eigenvalue weighted by molar-refractivity contribution is -0.119. The predicted octanol–water partition coefficient (Wildman–Crippen LogP) is 3.71. The Hall–Kier alpha value is -3.65. The number of carbonyl (C=O) groups excluding carboxylic acids is 3. The molecule has 0 aliphatic carbocycles. The highest BCUT2D eigenvalue weighted by Crippen LogP contribution is 2.41. The molecule has 162 valence electrons. The fourth-order valence-corrected chi connectivity index (χ4v) is 5.00. The first-order valence-corrected chi connectivity index (χ1v) is 11.2. The summed E-state index contributed by atoms with van der Waals surface area (Å²) in [5.74, 6) is 0.0140. The summed E-state index contributed by atoms with van der Waals surface area (Å²) >= 11 is 1.51. The molecule has 2 atom stereocenters. The fraction of sp³-hybridized carbons (Fsp3) is 0.167. The van der Waals surface area contributed by atoms with E-state index in [4.69, 9.17) is 0 Å². The highest BCUT2D eigenvalue weighted by atomic mass is 32.2. The number of hydrogen-bond donors (Lipinski definition) is 2. The van der Waals surface area contributed by atoms with Crippen LogP contribution < -0.4 is 10.6 Å². The summed E-state index contributed by atoms with van der Waals surface area (Å²) in [5, 5.41) is 5.18. The number of ketones is 1. The molecule has 8 heteroatoms. The number of benzene rings is 2. The highest BCUT2D eigenvalue weighted by molar-refractivity contribution is 7.99. The van der Waals surface area contributed by atoms with Crippen LogP contribution in [0.4, 0.5) is 10.5 Å². The molecule has 2 unspecified atom stereocenters. The summed E-state index contributed by atoms with van der Waals surface area (Å²) in [4.78, 5) is 44.2. The molecule has 2 heterocycles. The van der Waals surface area contributed by atoms with Gasteiger partial charge in [0, 0.05) is 47.6 Å². The lowest BCUT2D eigenvalue weighted by atomic mass is 10.0. The van der Waals surface area contributed by atoms with Crippen molar-refractivity contribution in [2.75, 3.05) is 18.1 Å². The molecule has 3 aromatic rings. The first kappa shape index (κ1) is 21.6. The third-order valence-electron chi connectivity index (χ3n) is 5.15. The Morgan fingerprint density at radius 2 is 1.78 bits per heavy atom. The summed E-state index contributed by atoms with van der Waals surface area (Å²) in [7, 11) is 1.54. The number of aromatic nitrogens is 1. The van der Waals surface area contributed by atoms with Crippen molar-refractivity contribution in [1.29, 1.82) is 0 Å². The average molecular weight is 447 g/mol. The average Bonchev–Trinajstić information content (AvgIpc) is 3.30. The van der Waals surface area contributed by atoms with Crippen LogP contribution in [0.3, 0.4) is 0 Å². The van der Waals surface area contributed by atoms with Crippen LogP contribution in [0.1, 0.15) is 26.9 Å². The van der Waals surface area contributed by atoms with Gasteiger partial charge in [-0.3, -0.25) is 19.5 Å². The van der Waals surface area contributed by atoms with E-state index in [1.54, 1.807) is 61.9 Å². The Morgan fingerprint density at radius 1 is 1.00 bits per heavy atom. The fourth-order valence-electron chi connectivity index (χ4n) is 3.58. The van der Waals surface area contributed by atoms with Crippen molar-refractivity contribution in [2.24, 2.45) is 0 Å². The molecule has 7 nitrogen and oxygen atoms in total. The number of thioether (sulfide) groups is 1. The van der Waals surface area contributed by atoms with Crippen LogP contribution in [0.25, 0.3) is 0 Å². The third-order valence-corrected chi connectivity index (χ3v) is 6.47. The van der Waals surface area contributed by atoms with E-state index >= 15 is 0 Å². The first-order valence-electron chi connectivity index (χ1n) is 10.1. The molecule has 1 saturated heterocycles. The van der Waals surface area contributed by atoms with Crippen molar-refractivity contribution < 1.29 is 14.4 Å². The molecule has 0 bridgehead atoms. The minimum absolute atomic E-state index is 0.123. The Bertz CT molecular complexity index is 1120. The Morgan fingerprint density at radius 3 is 2.50 bits per heavy atom. The maximum Gasteiger partial charge on any atom is 0.319 e. The quantitative estimate of drug-likeness (QED) is 0.583. The van der Waals surface area contributed by atoms with E-state index in [0.717, 1.165) is 5.56 Å². The molecule has 0 spiro atoms. The Balaban J connectivity index is 1.53. The molecular formula is C24H22N4O3S. The highest BCUT2D eigenvalue weighted by Gasteiger charge is 2.42. The van der Waals surface area contributed by atoms with Gasteiger partial charge in [0.25, 0.3) is 0 Å². The van der Waals surface area contributed by atoms with Gasteiger partial charge in [-0.1, -0.05) is 48.5 Å². The van der Waals surface area contributed by atoms with Gasteiger partial charge in [-0.2, -0.15) is 0 Å². The first-order chi connectivity index (χ1) is 15.6. The standard InChI is InChI=1S/C24H22N4O3S/c1-25-24(31)28-20(15-32-23(28)18-10-6-12-26-14-18)22(30)27-19-11-5-9-17(13-19)21(29)16-7-3-2-4-8-16/h2-14,20,23H,15H2,1H3,(H,25,31)(H,27,30). The smallest absolute Gasteiger partial charge is 0.319 e. The van der Waals surface area contributed by atoms with Gasteiger partial charge in [0.2, 0.25) is 5.91 Å². The van der Waals surface area contributed by atoms with Crippen LogP contribution in [0, 0.1) is 0 Å². The van der Waals surface area contributed by atoms with Crippen molar-refractivity contribution >= 4 is 35.2 Å². The lowest BCUT2D eigenvalue weighted by Gasteiger charge is -2.28. The molecule has 1 aliphatic rings. The van der Waals surface area contributed by atoms with E-state index in [0.29, 0.717) is 22.6 Å². The summed E-state index contributed by atoms with van der Waals surface area (Å²) in [6.45, 7) is 0. The number of carbonyl (C=O) groups is 3. The second kappa shape index (κ2) is 9.65. The predicted molar refractivity (Wildman–Crippen MR) is 124 cm³/mol. The molecule has 3 amide bonds. The van der Waals surface area contributed by atoms with Crippen molar-refractivity contribution in [3.05, 3.63) is 95.8 Å². The van der Waals surface area contributed by atoms with E-state index in [2.05, 4.69) is 15.6 Å². The van der Waals surface area contributed by atoms with Gasteiger partial charge < -0.3 is 10.6 Å². The summed E-state index contributed by atoms with van der Waals surface area (Å²) in [6, 6.07) is 18.5. The van der Waals surface area contributed by atoms with E-state index in [1.165, 1.54) is 16.7 Å². The normalized spacial score (nSPS) is 17.6.